The van der Waals surface area contributed by atoms with Gasteiger partial charge in [-0.3, -0.25) is 14.9 Å². The first-order valence-electron chi connectivity index (χ1n) is 9.42. The van der Waals surface area contributed by atoms with Crippen molar-refractivity contribution in [3.63, 3.8) is 0 Å². The van der Waals surface area contributed by atoms with Gasteiger partial charge in [-0.25, -0.2) is 4.99 Å². The molecule has 0 bridgehead atoms. The lowest BCUT2D eigenvalue weighted by Crippen LogP contribution is -2.46. The topological polar surface area (TPSA) is 100 Å². The first kappa shape index (κ1) is 23.4. The molecular formula is C19H31N5O4. The molecule has 0 heterocycles. The van der Waals surface area contributed by atoms with Gasteiger partial charge in [0.2, 0.25) is 5.91 Å². The van der Waals surface area contributed by atoms with Gasteiger partial charge in [0.25, 0.3) is 5.69 Å². The second-order valence-electron chi connectivity index (χ2n) is 6.26. The number of aliphatic imine (C=N–C) groups is 1. The molecule has 9 heteroatoms. The number of methoxy groups -OCH3 is 1. The minimum absolute atomic E-state index is 0.0363. The highest BCUT2D eigenvalue weighted by Crippen LogP contribution is 2.12. The number of ether oxygens (including phenoxy) is 1. The Kier molecular flexibility index (Phi) is 10.6. The van der Waals surface area contributed by atoms with Crippen LogP contribution in [0.4, 0.5) is 5.69 Å². The first-order valence-corrected chi connectivity index (χ1v) is 9.42. The fourth-order valence-electron chi connectivity index (χ4n) is 2.57. The summed E-state index contributed by atoms with van der Waals surface area (Å²) in [7, 11) is 3.47. The van der Waals surface area contributed by atoms with Gasteiger partial charge in [-0.15, -0.1) is 0 Å². The Bertz CT molecular complexity index is 644. The average molecular weight is 393 g/mol. The van der Waals surface area contributed by atoms with E-state index in [0.29, 0.717) is 38.7 Å². The van der Waals surface area contributed by atoms with Gasteiger partial charge in [0.1, 0.15) is 0 Å². The third-order valence-corrected chi connectivity index (χ3v) is 4.22. The van der Waals surface area contributed by atoms with E-state index in [-0.39, 0.29) is 18.1 Å². The first-order chi connectivity index (χ1) is 13.4. The number of amides is 1. The highest BCUT2D eigenvalue weighted by Gasteiger charge is 2.15. The van der Waals surface area contributed by atoms with Crippen LogP contribution in [0, 0.1) is 10.1 Å². The predicted octanol–water partition coefficient (Wildman–Crippen LogP) is 1.88. The van der Waals surface area contributed by atoms with Crippen LogP contribution < -0.4 is 5.32 Å². The van der Waals surface area contributed by atoms with Crippen LogP contribution in [0.3, 0.4) is 0 Å². The number of nitrogens with zero attached hydrogens (tertiary/aromatic N) is 4. The number of likely N-dealkylation sites (N-methyl/N-ethyl adjacent to an activating group) is 2. The van der Waals surface area contributed by atoms with Gasteiger partial charge in [0, 0.05) is 52.5 Å². The zero-order chi connectivity index (χ0) is 20.9. The van der Waals surface area contributed by atoms with E-state index in [1.165, 1.54) is 12.1 Å². The maximum absolute atomic E-state index is 12.4. The molecule has 0 spiro atoms. The zero-order valence-electron chi connectivity index (χ0n) is 17.2. The summed E-state index contributed by atoms with van der Waals surface area (Å²) in [6.07, 6.45) is 0.810. The molecule has 0 aliphatic carbocycles. The van der Waals surface area contributed by atoms with Crippen molar-refractivity contribution in [2.45, 2.75) is 26.8 Å². The lowest BCUT2D eigenvalue weighted by Gasteiger charge is -2.26. The predicted molar refractivity (Wildman–Crippen MR) is 109 cm³/mol. The Morgan fingerprint density at radius 1 is 1.25 bits per heavy atom. The van der Waals surface area contributed by atoms with E-state index in [2.05, 4.69) is 10.3 Å². The Hall–Kier alpha value is -2.68. The summed E-state index contributed by atoms with van der Waals surface area (Å²) in [6.45, 7) is 7.11. The van der Waals surface area contributed by atoms with Gasteiger partial charge in [-0.1, -0.05) is 12.1 Å². The summed E-state index contributed by atoms with van der Waals surface area (Å²) in [6, 6.07) is 6.30. The number of nitro groups is 1. The van der Waals surface area contributed by atoms with E-state index in [4.69, 9.17) is 4.74 Å². The second kappa shape index (κ2) is 12.7. The third-order valence-electron chi connectivity index (χ3n) is 4.22. The fourth-order valence-corrected chi connectivity index (χ4v) is 2.57. The van der Waals surface area contributed by atoms with E-state index < -0.39 is 4.92 Å². The Balaban J connectivity index is 2.82. The summed E-state index contributed by atoms with van der Waals surface area (Å²) in [5.74, 6) is 0.643. The van der Waals surface area contributed by atoms with Gasteiger partial charge < -0.3 is 19.9 Å². The number of carbonyl (C=O) groups excluding carboxylic acids is 1. The van der Waals surface area contributed by atoms with Crippen LogP contribution in [0.2, 0.25) is 0 Å². The molecule has 0 fully saturated rings. The molecule has 1 aromatic rings. The minimum Gasteiger partial charge on any atom is -0.385 e. The lowest BCUT2D eigenvalue weighted by molar-refractivity contribution is -0.384. The maximum atomic E-state index is 12.4. The van der Waals surface area contributed by atoms with Crippen molar-refractivity contribution in [3.8, 4) is 0 Å². The summed E-state index contributed by atoms with van der Waals surface area (Å²) in [5, 5.41) is 14.0. The molecule has 0 unspecified atom stereocenters. The molecule has 1 aromatic carbocycles. The Morgan fingerprint density at radius 2 is 1.89 bits per heavy atom. The van der Waals surface area contributed by atoms with E-state index in [0.717, 1.165) is 12.0 Å². The molecule has 0 atom stereocenters. The van der Waals surface area contributed by atoms with Crippen molar-refractivity contribution in [2.75, 3.05) is 46.9 Å². The van der Waals surface area contributed by atoms with Crippen LogP contribution in [0.15, 0.2) is 29.3 Å². The summed E-state index contributed by atoms with van der Waals surface area (Å²) >= 11 is 0. The smallest absolute Gasteiger partial charge is 0.269 e. The number of nitrogens with one attached hydrogen (secondary N) is 1. The number of hydrogen-bond donors (Lipinski definition) is 1. The van der Waals surface area contributed by atoms with Crippen LogP contribution in [-0.2, 0) is 16.1 Å². The zero-order valence-corrected chi connectivity index (χ0v) is 17.2. The van der Waals surface area contributed by atoms with Crippen LogP contribution >= 0.6 is 0 Å². The van der Waals surface area contributed by atoms with Gasteiger partial charge in [0.05, 0.1) is 18.0 Å². The molecule has 1 N–H and O–H groups in total. The third kappa shape index (κ3) is 7.91. The fraction of sp³-hybridized carbons (Fsp3) is 0.579. The number of hydrogen-bond acceptors (Lipinski definition) is 5. The maximum Gasteiger partial charge on any atom is 0.269 e. The van der Waals surface area contributed by atoms with Gasteiger partial charge in [0.15, 0.2) is 5.96 Å². The van der Waals surface area contributed by atoms with E-state index in [9.17, 15) is 14.9 Å². The van der Waals surface area contributed by atoms with Crippen molar-refractivity contribution >= 4 is 17.6 Å². The molecule has 9 nitrogen and oxygen atoms in total. The number of guanidine groups is 1. The largest absolute Gasteiger partial charge is 0.385 e. The summed E-state index contributed by atoms with van der Waals surface area (Å²) in [5.41, 5.74) is 0.901. The molecular weight excluding hydrogens is 362 g/mol. The summed E-state index contributed by atoms with van der Waals surface area (Å²) in [4.78, 5) is 30.9. The van der Waals surface area contributed by atoms with E-state index >= 15 is 0 Å². The molecule has 0 aliphatic heterocycles. The number of nitro benzene ring substituents is 1. The monoisotopic (exact) mass is 393 g/mol. The number of rotatable bonds is 11. The lowest BCUT2D eigenvalue weighted by atomic mass is 10.2. The number of benzene rings is 1. The Labute approximate surface area is 166 Å². The molecule has 0 aromatic heterocycles. The average Bonchev–Trinajstić information content (AvgIpc) is 2.68. The SMILES string of the molecule is CCN(CC)C(=O)CN(C)C(=NCc1ccc([N+](=O)[O-])cc1)NCCCOC. The standard InChI is InChI=1S/C19H31N5O4/c1-5-23(6-2)18(25)15-22(3)19(20-12-7-13-28-4)21-14-16-8-10-17(11-9-16)24(26)27/h8-11H,5-7,12-15H2,1-4H3,(H,20,21). The Morgan fingerprint density at radius 3 is 2.43 bits per heavy atom. The van der Waals surface area contributed by atoms with Crippen LogP contribution in [0.25, 0.3) is 0 Å². The van der Waals surface area contributed by atoms with Crippen molar-refractivity contribution in [1.82, 2.24) is 15.1 Å². The second-order valence-corrected chi connectivity index (χ2v) is 6.26. The van der Waals surface area contributed by atoms with E-state index in [1.807, 2.05) is 20.9 Å². The summed E-state index contributed by atoms with van der Waals surface area (Å²) < 4.78 is 5.06. The van der Waals surface area contributed by atoms with Gasteiger partial charge in [-0.05, 0) is 25.8 Å². The van der Waals surface area contributed by atoms with Crippen molar-refractivity contribution < 1.29 is 14.5 Å². The molecule has 0 radical (unpaired) electrons. The van der Waals surface area contributed by atoms with Gasteiger partial charge >= 0.3 is 0 Å². The van der Waals surface area contributed by atoms with Crippen molar-refractivity contribution in [3.05, 3.63) is 39.9 Å². The molecule has 0 aliphatic rings. The quantitative estimate of drug-likeness (QED) is 0.203. The highest BCUT2D eigenvalue weighted by atomic mass is 16.6. The number of non-ortho nitro benzene ring substituents is 1. The molecule has 0 saturated heterocycles. The van der Waals surface area contributed by atoms with Crippen LogP contribution in [0.1, 0.15) is 25.8 Å². The molecule has 0 saturated carbocycles. The molecule has 1 amide bonds. The highest BCUT2D eigenvalue weighted by molar-refractivity contribution is 5.86. The van der Waals surface area contributed by atoms with Crippen molar-refractivity contribution in [2.24, 2.45) is 4.99 Å². The van der Waals surface area contributed by atoms with E-state index in [1.54, 1.807) is 29.0 Å². The van der Waals surface area contributed by atoms with Crippen molar-refractivity contribution in [1.29, 1.82) is 0 Å². The van der Waals surface area contributed by atoms with Crippen LogP contribution in [-0.4, -0.2) is 73.5 Å². The number of carbonyl (C=O) groups is 1. The molecule has 156 valence electrons. The molecule has 28 heavy (non-hydrogen) atoms. The van der Waals surface area contributed by atoms with Crippen LogP contribution in [0.5, 0.6) is 0 Å². The molecule has 1 rings (SSSR count). The minimum atomic E-state index is -0.428. The normalized spacial score (nSPS) is 11.2. The van der Waals surface area contributed by atoms with Gasteiger partial charge in [-0.2, -0.15) is 0 Å².